The van der Waals surface area contributed by atoms with Gasteiger partial charge in [-0.2, -0.15) is 9.50 Å². The monoisotopic (exact) mass is 435 g/mol. The molecule has 0 aliphatic rings. The second-order valence-electron chi connectivity index (χ2n) is 8.97. The largest absolute Gasteiger partial charge is 0.469 e. The molecule has 1 atom stereocenters. The van der Waals surface area contributed by atoms with Crippen LogP contribution in [-0.4, -0.2) is 56.0 Å². The van der Waals surface area contributed by atoms with Gasteiger partial charge >= 0.3 is 18.2 Å². The van der Waals surface area contributed by atoms with Crippen LogP contribution in [0.3, 0.4) is 0 Å². The Kier molecular flexibility index (Phi) is 6.87. The Bertz CT molecular complexity index is 945. The number of rotatable bonds is 4. The van der Waals surface area contributed by atoms with Gasteiger partial charge in [0.1, 0.15) is 17.0 Å². The molecule has 2 aromatic rings. The average Bonchev–Trinajstić information content (AvgIpc) is 3.02. The number of hydrogen-bond donors (Lipinski definition) is 0. The number of hydrogen-bond acceptors (Lipinski definition) is 9. The summed E-state index contributed by atoms with van der Waals surface area (Å²) in [6.45, 7) is 11.7. The predicted molar refractivity (Wildman–Crippen MR) is 111 cm³/mol. The van der Waals surface area contributed by atoms with Gasteiger partial charge in [-0.15, -0.1) is 10.00 Å². The quantitative estimate of drug-likeness (QED) is 0.526. The van der Waals surface area contributed by atoms with Crippen LogP contribution in [0.15, 0.2) is 12.3 Å². The van der Waals surface area contributed by atoms with Crippen molar-refractivity contribution >= 4 is 29.8 Å². The Balaban J connectivity index is 2.49. The molecule has 2 heterocycles. The van der Waals surface area contributed by atoms with E-state index in [-0.39, 0.29) is 12.4 Å². The lowest BCUT2D eigenvalue weighted by Crippen LogP contribution is -2.44. The Morgan fingerprint density at radius 2 is 1.61 bits per heavy atom. The standard InChI is InChI=1S/C20H29N5O6/c1-12(15(26)29-8)11-14-21-10-9-13-22-16(23-25(13)14)24(17(27)30-19(2,3)4)18(28)31-20(5,6)7/h9-10,12H,11H2,1-8H3. The molecule has 2 rings (SSSR count). The van der Waals surface area contributed by atoms with Crippen LogP contribution in [0.1, 0.15) is 54.3 Å². The molecule has 2 aromatic heterocycles. The minimum Gasteiger partial charge on any atom is -0.469 e. The van der Waals surface area contributed by atoms with Crippen LogP contribution in [0, 0.1) is 5.92 Å². The zero-order chi connectivity index (χ0) is 23.6. The second kappa shape index (κ2) is 8.86. The van der Waals surface area contributed by atoms with Gasteiger partial charge in [-0.3, -0.25) is 4.79 Å². The van der Waals surface area contributed by atoms with Crippen molar-refractivity contribution in [2.45, 2.75) is 66.1 Å². The van der Waals surface area contributed by atoms with E-state index < -0.39 is 35.3 Å². The number of anilines is 1. The fourth-order valence-electron chi connectivity index (χ4n) is 2.50. The molecular formula is C20H29N5O6. The predicted octanol–water partition coefficient (Wildman–Crippen LogP) is 3.15. The fourth-order valence-corrected chi connectivity index (χ4v) is 2.50. The average molecular weight is 435 g/mol. The highest BCUT2D eigenvalue weighted by Crippen LogP contribution is 2.20. The molecule has 0 N–H and O–H groups in total. The number of aromatic nitrogens is 4. The van der Waals surface area contributed by atoms with E-state index in [2.05, 4.69) is 15.1 Å². The van der Waals surface area contributed by atoms with Gasteiger partial charge in [-0.05, 0) is 41.5 Å². The number of ether oxygens (including phenoxy) is 3. The van der Waals surface area contributed by atoms with Gasteiger partial charge in [-0.1, -0.05) is 6.92 Å². The number of imide groups is 1. The van der Waals surface area contributed by atoms with Crippen molar-refractivity contribution in [1.29, 1.82) is 0 Å². The highest BCUT2D eigenvalue weighted by atomic mass is 16.6. The van der Waals surface area contributed by atoms with Crippen LogP contribution in [0.5, 0.6) is 0 Å². The molecule has 0 radical (unpaired) electrons. The summed E-state index contributed by atoms with van der Waals surface area (Å²) in [4.78, 5) is 46.5. The van der Waals surface area contributed by atoms with Crippen LogP contribution < -0.4 is 4.90 Å². The smallest absolute Gasteiger partial charge is 0.427 e. The molecule has 170 valence electrons. The maximum absolute atomic E-state index is 12.8. The van der Waals surface area contributed by atoms with Crippen molar-refractivity contribution in [2.24, 2.45) is 5.92 Å². The molecule has 0 saturated heterocycles. The molecule has 0 saturated carbocycles. The first-order chi connectivity index (χ1) is 14.2. The molecule has 11 heteroatoms. The van der Waals surface area contributed by atoms with E-state index in [9.17, 15) is 14.4 Å². The summed E-state index contributed by atoms with van der Waals surface area (Å²) < 4.78 is 16.8. The first-order valence-corrected chi connectivity index (χ1v) is 9.76. The number of fused-ring (bicyclic) bond motifs is 1. The molecule has 0 bridgehead atoms. The first kappa shape index (κ1) is 24.0. The van der Waals surface area contributed by atoms with Crippen molar-refractivity contribution in [3.8, 4) is 0 Å². The SMILES string of the molecule is COC(=O)C(C)Cc1nccc2nc(N(C(=O)OC(C)(C)C)C(=O)OC(C)(C)C)nn12. The van der Waals surface area contributed by atoms with Crippen LogP contribution in [-0.2, 0) is 25.4 Å². The third-order valence-electron chi connectivity index (χ3n) is 3.76. The van der Waals surface area contributed by atoms with Gasteiger partial charge in [0.05, 0.1) is 13.0 Å². The van der Waals surface area contributed by atoms with Crippen LogP contribution in [0.4, 0.5) is 15.5 Å². The summed E-state index contributed by atoms with van der Waals surface area (Å²) in [7, 11) is 1.31. The second-order valence-corrected chi connectivity index (χ2v) is 8.97. The van der Waals surface area contributed by atoms with E-state index in [1.165, 1.54) is 17.8 Å². The zero-order valence-electron chi connectivity index (χ0n) is 19.1. The minimum absolute atomic E-state index is 0.214. The van der Waals surface area contributed by atoms with E-state index in [1.54, 1.807) is 54.5 Å². The summed E-state index contributed by atoms with van der Waals surface area (Å²) >= 11 is 0. The Labute approximate surface area is 180 Å². The number of esters is 1. The lowest BCUT2D eigenvalue weighted by atomic mass is 10.1. The van der Waals surface area contributed by atoms with Gasteiger partial charge < -0.3 is 14.2 Å². The minimum atomic E-state index is -0.977. The molecule has 0 fully saturated rings. The molecule has 31 heavy (non-hydrogen) atoms. The molecule has 0 aromatic carbocycles. The number of carbonyl (C=O) groups excluding carboxylic acids is 3. The molecule has 0 spiro atoms. The van der Waals surface area contributed by atoms with Gasteiger partial charge in [-0.25, -0.2) is 14.6 Å². The number of carbonyl (C=O) groups is 3. The Hall–Kier alpha value is -3.24. The highest BCUT2D eigenvalue weighted by Gasteiger charge is 2.35. The molecule has 0 aliphatic carbocycles. The van der Waals surface area contributed by atoms with E-state index in [0.717, 1.165) is 0 Å². The van der Waals surface area contributed by atoms with E-state index in [1.807, 2.05) is 0 Å². The third kappa shape index (κ3) is 6.37. The summed E-state index contributed by atoms with van der Waals surface area (Å²) in [6, 6.07) is 1.56. The van der Waals surface area contributed by atoms with Gasteiger partial charge in [0, 0.05) is 18.7 Å². The lowest BCUT2D eigenvalue weighted by molar-refractivity contribution is -0.144. The normalized spacial score (nSPS) is 12.9. The van der Waals surface area contributed by atoms with Crippen LogP contribution in [0.25, 0.3) is 5.65 Å². The summed E-state index contributed by atoms with van der Waals surface area (Å²) in [5.41, 5.74) is -1.40. The Morgan fingerprint density at radius 3 is 2.10 bits per heavy atom. The molecule has 2 amide bonds. The van der Waals surface area contributed by atoms with E-state index in [0.29, 0.717) is 16.4 Å². The number of amides is 2. The number of nitrogens with zero attached hydrogens (tertiary/aromatic N) is 5. The summed E-state index contributed by atoms with van der Waals surface area (Å²) in [5.74, 6) is -0.710. The summed E-state index contributed by atoms with van der Waals surface area (Å²) in [6.07, 6.45) is -0.241. The fraction of sp³-hybridized carbons (Fsp3) is 0.600. The van der Waals surface area contributed by atoms with Gasteiger partial charge in [0.15, 0.2) is 5.65 Å². The first-order valence-electron chi connectivity index (χ1n) is 9.76. The maximum Gasteiger partial charge on any atom is 0.427 e. The summed E-state index contributed by atoms with van der Waals surface area (Å²) in [5, 5.41) is 4.27. The molecule has 0 aliphatic heterocycles. The van der Waals surface area contributed by atoms with Crippen molar-refractivity contribution in [1.82, 2.24) is 19.6 Å². The van der Waals surface area contributed by atoms with Gasteiger partial charge in [0.2, 0.25) is 0 Å². The van der Waals surface area contributed by atoms with Crippen molar-refractivity contribution < 1.29 is 28.6 Å². The van der Waals surface area contributed by atoms with E-state index >= 15 is 0 Å². The van der Waals surface area contributed by atoms with Crippen molar-refractivity contribution in [2.75, 3.05) is 12.0 Å². The maximum atomic E-state index is 12.8. The Morgan fingerprint density at radius 1 is 1.06 bits per heavy atom. The lowest BCUT2D eigenvalue weighted by Gasteiger charge is -2.26. The molecule has 1 unspecified atom stereocenters. The van der Waals surface area contributed by atoms with E-state index in [4.69, 9.17) is 14.2 Å². The topological polar surface area (TPSA) is 125 Å². The van der Waals surface area contributed by atoms with Crippen molar-refractivity contribution in [3.05, 3.63) is 18.1 Å². The van der Waals surface area contributed by atoms with Crippen LogP contribution >= 0.6 is 0 Å². The number of methoxy groups -OCH3 is 1. The van der Waals surface area contributed by atoms with Crippen molar-refractivity contribution in [3.63, 3.8) is 0 Å². The molecular weight excluding hydrogens is 406 g/mol. The van der Waals surface area contributed by atoms with Crippen LogP contribution in [0.2, 0.25) is 0 Å². The van der Waals surface area contributed by atoms with Gasteiger partial charge in [0.25, 0.3) is 5.95 Å². The zero-order valence-corrected chi connectivity index (χ0v) is 19.1. The molecule has 11 nitrogen and oxygen atoms in total. The highest BCUT2D eigenvalue weighted by molar-refractivity contribution is 6.08. The third-order valence-corrected chi connectivity index (χ3v) is 3.76.